The molecule has 0 fully saturated rings. The van der Waals surface area contributed by atoms with Crippen LogP contribution in [0, 0.1) is 0 Å². The smallest absolute Gasteiger partial charge is 0.302 e. The zero-order chi connectivity index (χ0) is 14.4. The van der Waals surface area contributed by atoms with Gasteiger partial charge in [0.15, 0.2) is 0 Å². The van der Waals surface area contributed by atoms with Crippen LogP contribution in [0.1, 0.15) is 26.2 Å². The quantitative estimate of drug-likeness (QED) is 0.423. The second-order valence-corrected chi connectivity index (χ2v) is 4.89. The number of hydrogen-bond donors (Lipinski definition) is 1. The fourth-order valence-electron chi connectivity index (χ4n) is 0.792. The molecule has 1 unspecified atom stereocenters. The van der Waals surface area contributed by atoms with Gasteiger partial charge in [-0.25, -0.2) is 4.57 Å². The van der Waals surface area contributed by atoms with Crippen molar-refractivity contribution < 1.29 is 40.5 Å². The molecule has 4 nitrogen and oxygen atoms in total. The molecule has 0 rings (SSSR count). The normalized spacial score (nSPS) is 16.6. The van der Waals surface area contributed by atoms with Gasteiger partial charge in [0.25, 0.3) is 0 Å². The lowest BCUT2D eigenvalue weighted by Gasteiger charge is -2.20. The predicted octanol–water partition coefficient (Wildman–Crippen LogP) is 3.51. The van der Waals surface area contributed by atoms with Gasteiger partial charge in [-0.15, -0.1) is 0 Å². The van der Waals surface area contributed by atoms with Crippen molar-refractivity contribution in [1.29, 1.82) is 0 Å². The Bertz CT molecular complexity index is 294. The maximum atomic E-state index is 12.4. The van der Waals surface area contributed by atoms with Crippen molar-refractivity contribution in [2.24, 2.45) is 0 Å². The Hall–Kier alpha value is -0.240. The van der Waals surface area contributed by atoms with Gasteiger partial charge in [-0.1, -0.05) is 13.3 Å². The van der Waals surface area contributed by atoms with Crippen molar-refractivity contribution in [3.05, 3.63) is 0 Å². The summed E-state index contributed by atoms with van der Waals surface area (Å²) in [6.07, 6.45) is -6.35. The Morgan fingerprint density at radius 1 is 1.11 bits per heavy atom. The summed E-state index contributed by atoms with van der Waals surface area (Å²) in [5, 5.41) is 0. The number of phosphoric ester groups is 1. The van der Waals surface area contributed by atoms with Crippen LogP contribution in [-0.2, 0) is 13.6 Å². The van der Waals surface area contributed by atoms with Gasteiger partial charge in [-0.2, -0.15) is 22.0 Å². The third-order valence-corrected chi connectivity index (χ3v) is 2.86. The third-order valence-electron chi connectivity index (χ3n) is 1.84. The molecule has 0 bridgehead atoms. The van der Waals surface area contributed by atoms with Gasteiger partial charge in [-0.3, -0.25) is 9.05 Å². The van der Waals surface area contributed by atoms with Gasteiger partial charge >= 0.3 is 19.9 Å². The van der Waals surface area contributed by atoms with E-state index in [1.165, 1.54) is 0 Å². The first-order valence-electron chi connectivity index (χ1n) is 5.08. The largest absolute Gasteiger partial charge is 0.472 e. The molecule has 0 aliphatic carbocycles. The summed E-state index contributed by atoms with van der Waals surface area (Å²) in [4.78, 5) is 8.93. The molecule has 0 heterocycles. The van der Waals surface area contributed by atoms with Crippen LogP contribution in [0.5, 0.6) is 0 Å². The molecule has 0 saturated carbocycles. The summed E-state index contributed by atoms with van der Waals surface area (Å²) >= 11 is 0. The standard InChI is InChI=1S/C8H14F5O4P/c1-2-3-5-16-18(14,15)17-6-4-7(9,10)8(11,12)13/h2-6H2,1H3,(H,14,15). The topological polar surface area (TPSA) is 55.8 Å². The number of hydrogen-bond acceptors (Lipinski definition) is 3. The highest BCUT2D eigenvalue weighted by molar-refractivity contribution is 7.47. The number of phosphoric acid groups is 1. The number of rotatable bonds is 8. The summed E-state index contributed by atoms with van der Waals surface area (Å²) in [6.45, 7) is 0.406. The fourth-order valence-corrected chi connectivity index (χ4v) is 1.55. The van der Waals surface area contributed by atoms with Gasteiger partial charge in [-0.05, 0) is 6.42 Å². The summed E-state index contributed by atoms with van der Waals surface area (Å²) in [5.74, 6) is -4.96. The lowest BCUT2D eigenvalue weighted by molar-refractivity contribution is -0.285. The zero-order valence-electron chi connectivity index (χ0n) is 9.54. The van der Waals surface area contributed by atoms with E-state index in [0.717, 1.165) is 0 Å². The van der Waals surface area contributed by atoms with E-state index in [-0.39, 0.29) is 6.61 Å². The molecular formula is C8H14F5O4P. The Labute approximate surface area is 101 Å². The highest BCUT2D eigenvalue weighted by Crippen LogP contribution is 2.45. The van der Waals surface area contributed by atoms with E-state index < -0.39 is 32.9 Å². The minimum absolute atomic E-state index is 0.139. The van der Waals surface area contributed by atoms with Crippen molar-refractivity contribution in [3.63, 3.8) is 0 Å². The number of halogens is 5. The predicted molar refractivity (Wildman–Crippen MR) is 52.3 cm³/mol. The SMILES string of the molecule is CCCCOP(=O)(O)OCCC(F)(F)C(F)(F)F. The van der Waals surface area contributed by atoms with Crippen molar-refractivity contribution in [1.82, 2.24) is 0 Å². The first kappa shape index (κ1) is 17.8. The summed E-state index contributed by atoms with van der Waals surface area (Å²) in [7, 11) is -4.56. The lowest BCUT2D eigenvalue weighted by atomic mass is 10.2. The highest BCUT2D eigenvalue weighted by atomic mass is 31.2. The Balaban J connectivity index is 4.07. The van der Waals surface area contributed by atoms with E-state index in [1.807, 2.05) is 0 Å². The molecule has 1 N–H and O–H groups in total. The van der Waals surface area contributed by atoms with Crippen LogP contribution < -0.4 is 0 Å². The molecule has 110 valence electrons. The van der Waals surface area contributed by atoms with E-state index >= 15 is 0 Å². The average molecular weight is 300 g/mol. The van der Waals surface area contributed by atoms with Crippen molar-refractivity contribution in [2.45, 2.75) is 38.3 Å². The number of unbranched alkanes of at least 4 members (excludes halogenated alkanes) is 1. The molecule has 0 amide bonds. The van der Waals surface area contributed by atoms with Crippen molar-refractivity contribution in [2.75, 3.05) is 13.2 Å². The molecule has 0 aromatic heterocycles. The van der Waals surface area contributed by atoms with E-state index in [9.17, 15) is 26.5 Å². The van der Waals surface area contributed by atoms with E-state index in [0.29, 0.717) is 12.8 Å². The highest BCUT2D eigenvalue weighted by Gasteiger charge is 2.56. The van der Waals surface area contributed by atoms with Gasteiger partial charge in [0.05, 0.1) is 13.2 Å². The monoisotopic (exact) mass is 300 g/mol. The molecule has 0 aromatic carbocycles. The average Bonchev–Trinajstić information content (AvgIpc) is 2.15. The first-order valence-corrected chi connectivity index (χ1v) is 6.58. The van der Waals surface area contributed by atoms with Crippen LogP contribution in [-0.4, -0.2) is 30.2 Å². The Kier molecular flexibility index (Phi) is 6.70. The Morgan fingerprint density at radius 3 is 2.06 bits per heavy atom. The van der Waals surface area contributed by atoms with E-state index in [1.54, 1.807) is 6.92 Å². The Morgan fingerprint density at radius 2 is 1.61 bits per heavy atom. The van der Waals surface area contributed by atoms with Gasteiger partial charge in [0.1, 0.15) is 0 Å². The van der Waals surface area contributed by atoms with Crippen molar-refractivity contribution >= 4 is 7.82 Å². The van der Waals surface area contributed by atoms with Crippen LogP contribution in [0.15, 0.2) is 0 Å². The van der Waals surface area contributed by atoms with Crippen LogP contribution in [0.25, 0.3) is 0 Å². The minimum Gasteiger partial charge on any atom is -0.302 e. The molecule has 0 aliphatic heterocycles. The molecule has 0 aliphatic rings. The first-order chi connectivity index (χ1) is 8.02. The summed E-state index contributed by atoms with van der Waals surface area (Å²) in [6, 6.07) is 0. The number of alkyl halides is 5. The summed E-state index contributed by atoms with van der Waals surface area (Å²) in [5.41, 5.74) is 0. The van der Waals surface area contributed by atoms with E-state index in [4.69, 9.17) is 4.89 Å². The molecule has 0 saturated heterocycles. The second-order valence-electron chi connectivity index (χ2n) is 3.44. The third kappa shape index (κ3) is 6.63. The van der Waals surface area contributed by atoms with Gasteiger partial charge < -0.3 is 4.89 Å². The molecule has 0 spiro atoms. The molecule has 0 radical (unpaired) electrons. The molecule has 10 heteroatoms. The maximum absolute atomic E-state index is 12.4. The molecule has 18 heavy (non-hydrogen) atoms. The van der Waals surface area contributed by atoms with Gasteiger partial charge in [0, 0.05) is 6.42 Å². The molecular weight excluding hydrogens is 286 g/mol. The van der Waals surface area contributed by atoms with E-state index in [2.05, 4.69) is 9.05 Å². The zero-order valence-corrected chi connectivity index (χ0v) is 10.4. The molecule has 0 aromatic rings. The maximum Gasteiger partial charge on any atom is 0.472 e. The second kappa shape index (κ2) is 6.79. The minimum atomic E-state index is -5.71. The molecule has 1 atom stereocenters. The van der Waals surface area contributed by atoms with Gasteiger partial charge in [0.2, 0.25) is 0 Å². The van der Waals surface area contributed by atoms with Crippen LogP contribution in [0.3, 0.4) is 0 Å². The fraction of sp³-hybridized carbons (Fsp3) is 1.00. The lowest BCUT2D eigenvalue weighted by Crippen LogP contribution is -2.37. The van der Waals surface area contributed by atoms with Crippen LogP contribution in [0.2, 0.25) is 0 Å². The summed E-state index contributed by atoms with van der Waals surface area (Å²) < 4.78 is 79.3. The van der Waals surface area contributed by atoms with Crippen LogP contribution >= 0.6 is 7.82 Å². The van der Waals surface area contributed by atoms with Crippen molar-refractivity contribution in [3.8, 4) is 0 Å². The van der Waals surface area contributed by atoms with Crippen LogP contribution in [0.4, 0.5) is 22.0 Å².